The smallest absolute Gasteiger partial charge is 0.0673 e. The van der Waals surface area contributed by atoms with Crippen LogP contribution in [0.25, 0.3) is 0 Å². The van der Waals surface area contributed by atoms with Crippen molar-refractivity contribution in [3.8, 4) is 0 Å². The molecule has 0 amide bonds. The molecule has 2 heteroatoms. The van der Waals surface area contributed by atoms with Crippen LogP contribution < -0.4 is 5.32 Å². The zero-order valence-electron chi connectivity index (χ0n) is 4.46. The van der Waals surface area contributed by atoms with Crippen LogP contribution >= 0.6 is 0 Å². The summed E-state index contributed by atoms with van der Waals surface area (Å²) in [5.41, 5.74) is 0. The standard InChI is InChI=1S/C6H8NO/c8-5-6-3-1-2-4-7-6/h1,3-4,6-8H,5H2. The summed E-state index contributed by atoms with van der Waals surface area (Å²) in [6.45, 7) is 0.147. The van der Waals surface area contributed by atoms with Crippen molar-refractivity contribution in [2.75, 3.05) is 6.61 Å². The molecular formula is C6H8NO. The summed E-state index contributed by atoms with van der Waals surface area (Å²) in [5, 5.41) is 11.4. The Balaban J connectivity index is 2.40. The van der Waals surface area contributed by atoms with Crippen molar-refractivity contribution in [1.82, 2.24) is 5.32 Å². The van der Waals surface area contributed by atoms with Crippen molar-refractivity contribution < 1.29 is 5.11 Å². The first kappa shape index (κ1) is 5.38. The van der Waals surface area contributed by atoms with Gasteiger partial charge >= 0.3 is 0 Å². The molecular weight excluding hydrogens is 102 g/mol. The summed E-state index contributed by atoms with van der Waals surface area (Å²) in [5.74, 6) is 0. The zero-order chi connectivity index (χ0) is 5.82. The van der Waals surface area contributed by atoms with E-state index in [2.05, 4.69) is 11.4 Å². The average Bonchev–Trinajstić information content (AvgIpc) is 1.90. The van der Waals surface area contributed by atoms with Gasteiger partial charge in [-0.25, -0.2) is 0 Å². The number of nitrogens with one attached hydrogen (secondary N) is 1. The van der Waals surface area contributed by atoms with Crippen LogP contribution in [-0.2, 0) is 0 Å². The van der Waals surface area contributed by atoms with E-state index in [1.807, 2.05) is 6.08 Å². The highest BCUT2D eigenvalue weighted by Gasteiger charge is 1.98. The van der Waals surface area contributed by atoms with Crippen LogP contribution in [0.2, 0.25) is 0 Å². The first-order chi connectivity index (χ1) is 3.93. The van der Waals surface area contributed by atoms with Gasteiger partial charge in [0.15, 0.2) is 0 Å². The highest BCUT2D eigenvalue weighted by Crippen LogP contribution is 1.90. The lowest BCUT2D eigenvalue weighted by Gasteiger charge is -2.10. The number of hydrogen-bond donors (Lipinski definition) is 2. The largest absolute Gasteiger partial charge is 0.394 e. The van der Waals surface area contributed by atoms with Crippen molar-refractivity contribution in [2.45, 2.75) is 6.04 Å². The van der Waals surface area contributed by atoms with E-state index in [-0.39, 0.29) is 12.6 Å². The van der Waals surface area contributed by atoms with Gasteiger partial charge in [-0.15, -0.1) is 0 Å². The number of rotatable bonds is 1. The number of dihydropyridines is 1. The van der Waals surface area contributed by atoms with Gasteiger partial charge < -0.3 is 10.4 Å². The topological polar surface area (TPSA) is 32.3 Å². The van der Waals surface area contributed by atoms with Crippen LogP contribution in [0, 0.1) is 6.08 Å². The molecule has 0 bridgehead atoms. The van der Waals surface area contributed by atoms with E-state index >= 15 is 0 Å². The molecule has 1 radical (unpaired) electrons. The second-order valence-electron chi connectivity index (χ2n) is 1.63. The Kier molecular flexibility index (Phi) is 1.70. The van der Waals surface area contributed by atoms with E-state index in [0.717, 1.165) is 0 Å². The summed E-state index contributed by atoms with van der Waals surface area (Å²) in [6, 6.07) is 0.0937. The highest BCUT2D eigenvalue weighted by atomic mass is 16.3. The van der Waals surface area contributed by atoms with Gasteiger partial charge in [0.25, 0.3) is 0 Å². The molecule has 1 heterocycles. The van der Waals surface area contributed by atoms with Gasteiger partial charge in [0, 0.05) is 6.20 Å². The lowest BCUT2D eigenvalue weighted by Crippen LogP contribution is -2.27. The summed E-state index contributed by atoms with van der Waals surface area (Å²) in [7, 11) is 0. The van der Waals surface area contributed by atoms with Crippen molar-refractivity contribution in [3.63, 3.8) is 0 Å². The Morgan fingerprint density at radius 2 is 2.62 bits per heavy atom. The van der Waals surface area contributed by atoms with Gasteiger partial charge in [0.05, 0.1) is 12.6 Å². The van der Waals surface area contributed by atoms with E-state index in [9.17, 15) is 0 Å². The van der Waals surface area contributed by atoms with E-state index in [4.69, 9.17) is 5.11 Å². The predicted molar refractivity (Wildman–Crippen MR) is 31.0 cm³/mol. The summed E-state index contributed by atoms with van der Waals surface area (Å²) < 4.78 is 0. The molecule has 0 saturated heterocycles. The maximum atomic E-state index is 8.53. The minimum Gasteiger partial charge on any atom is -0.394 e. The Hall–Kier alpha value is -0.760. The zero-order valence-corrected chi connectivity index (χ0v) is 4.46. The fourth-order valence-corrected chi connectivity index (χ4v) is 0.544. The minimum absolute atomic E-state index is 0.0937. The monoisotopic (exact) mass is 110 g/mol. The summed E-state index contributed by atoms with van der Waals surface area (Å²) >= 11 is 0. The maximum Gasteiger partial charge on any atom is 0.0673 e. The highest BCUT2D eigenvalue weighted by molar-refractivity contribution is 5.06. The molecule has 1 unspecified atom stereocenters. The van der Waals surface area contributed by atoms with Crippen LogP contribution in [0.3, 0.4) is 0 Å². The summed E-state index contributed by atoms with van der Waals surface area (Å²) in [6.07, 6.45) is 8.17. The normalized spacial score (nSPS) is 25.4. The molecule has 8 heavy (non-hydrogen) atoms. The second kappa shape index (κ2) is 2.52. The lowest BCUT2D eigenvalue weighted by molar-refractivity contribution is 0.272. The fraction of sp³-hybridized carbons (Fsp3) is 0.333. The Labute approximate surface area is 48.5 Å². The van der Waals surface area contributed by atoms with Crippen LogP contribution in [0.15, 0.2) is 18.4 Å². The van der Waals surface area contributed by atoms with E-state index < -0.39 is 0 Å². The minimum atomic E-state index is 0.0937. The van der Waals surface area contributed by atoms with Crippen LogP contribution in [0.1, 0.15) is 0 Å². The molecule has 1 aliphatic heterocycles. The lowest BCUT2D eigenvalue weighted by atomic mass is 10.2. The third-order valence-electron chi connectivity index (χ3n) is 1.00. The summed E-state index contributed by atoms with van der Waals surface area (Å²) in [4.78, 5) is 0. The molecule has 2 nitrogen and oxygen atoms in total. The number of aliphatic hydroxyl groups excluding tert-OH is 1. The first-order valence-electron chi connectivity index (χ1n) is 2.55. The third kappa shape index (κ3) is 1.10. The van der Waals surface area contributed by atoms with Crippen molar-refractivity contribution in [1.29, 1.82) is 0 Å². The van der Waals surface area contributed by atoms with Gasteiger partial charge in [0.1, 0.15) is 0 Å². The second-order valence-corrected chi connectivity index (χ2v) is 1.63. The number of aliphatic hydroxyl groups is 1. The Morgan fingerprint density at radius 1 is 1.75 bits per heavy atom. The molecule has 1 atom stereocenters. The molecule has 1 rings (SSSR count). The van der Waals surface area contributed by atoms with Crippen LogP contribution in [-0.4, -0.2) is 17.8 Å². The van der Waals surface area contributed by atoms with E-state index in [1.165, 1.54) is 0 Å². The van der Waals surface area contributed by atoms with Gasteiger partial charge in [-0.05, 0) is 6.08 Å². The fourth-order valence-electron chi connectivity index (χ4n) is 0.544. The molecule has 0 aliphatic carbocycles. The molecule has 2 N–H and O–H groups in total. The molecule has 1 aliphatic rings. The van der Waals surface area contributed by atoms with E-state index in [0.29, 0.717) is 0 Å². The van der Waals surface area contributed by atoms with Crippen molar-refractivity contribution >= 4 is 0 Å². The molecule has 0 fully saturated rings. The average molecular weight is 110 g/mol. The molecule has 43 valence electrons. The Bertz CT molecular complexity index is 118. The van der Waals surface area contributed by atoms with Crippen molar-refractivity contribution in [3.05, 3.63) is 24.4 Å². The molecule has 0 aromatic carbocycles. The Morgan fingerprint density at radius 3 is 3.00 bits per heavy atom. The molecule has 0 aromatic rings. The predicted octanol–water partition coefficient (Wildman–Crippen LogP) is -0.176. The van der Waals surface area contributed by atoms with Gasteiger partial charge in [0.2, 0.25) is 0 Å². The number of hydrogen-bond acceptors (Lipinski definition) is 2. The third-order valence-corrected chi connectivity index (χ3v) is 1.00. The number of allylic oxidation sites excluding steroid dienone is 2. The SMILES string of the molecule is OCC1C=C[C]=CN1. The van der Waals surface area contributed by atoms with Gasteiger partial charge in [-0.1, -0.05) is 12.2 Å². The van der Waals surface area contributed by atoms with Gasteiger partial charge in [-0.3, -0.25) is 0 Å². The van der Waals surface area contributed by atoms with E-state index in [1.54, 1.807) is 12.3 Å². The van der Waals surface area contributed by atoms with Crippen LogP contribution in [0.4, 0.5) is 0 Å². The molecule has 0 spiro atoms. The molecule has 0 aromatic heterocycles. The quantitative estimate of drug-likeness (QED) is 0.491. The van der Waals surface area contributed by atoms with Crippen LogP contribution in [0.5, 0.6) is 0 Å². The molecule has 0 saturated carbocycles. The van der Waals surface area contributed by atoms with Crippen molar-refractivity contribution in [2.24, 2.45) is 0 Å². The van der Waals surface area contributed by atoms with Gasteiger partial charge in [-0.2, -0.15) is 0 Å². The first-order valence-corrected chi connectivity index (χ1v) is 2.55. The maximum absolute atomic E-state index is 8.53.